The van der Waals surface area contributed by atoms with Gasteiger partial charge in [-0.3, -0.25) is 0 Å². The highest BCUT2D eigenvalue weighted by molar-refractivity contribution is 5.34. The largest absolute Gasteiger partial charge is 0.243 e. The molecule has 0 aliphatic carbocycles. The molecule has 1 atom stereocenters. The molecule has 1 rings (SSSR count). The van der Waals surface area contributed by atoms with E-state index in [1.54, 1.807) is 24.3 Å². The van der Waals surface area contributed by atoms with Gasteiger partial charge in [-0.2, -0.15) is 0 Å². The van der Waals surface area contributed by atoms with Crippen LogP contribution >= 0.6 is 0 Å². The Hall–Kier alpha value is -1.29. The third-order valence-electron chi connectivity index (χ3n) is 1.54. The summed E-state index contributed by atoms with van der Waals surface area (Å²) in [7, 11) is 0. The van der Waals surface area contributed by atoms with Gasteiger partial charge in [0.15, 0.2) is 0 Å². The van der Waals surface area contributed by atoms with Crippen molar-refractivity contribution in [3.63, 3.8) is 0 Å². The van der Waals surface area contributed by atoms with Crippen LogP contribution in [0.15, 0.2) is 24.3 Å². The predicted molar refractivity (Wildman–Crippen MR) is 43.9 cm³/mol. The van der Waals surface area contributed by atoms with Crippen molar-refractivity contribution in [3.05, 3.63) is 35.4 Å². The lowest BCUT2D eigenvalue weighted by Gasteiger charge is -2.00. The molecule has 0 aromatic heterocycles. The minimum absolute atomic E-state index is 0.670. The topological polar surface area (TPSA) is 0 Å². The lowest BCUT2D eigenvalue weighted by molar-refractivity contribution is 0.374. The molecule has 56 valence electrons. The highest BCUT2D eigenvalue weighted by Gasteiger charge is 2.00. The minimum atomic E-state index is -0.915. The maximum atomic E-state index is 12.6. The molecule has 1 heteroatoms. The monoisotopic (exact) mass is 148 g/mol. The molecule has 0 aliphatic rings. The van der Waals surface area contributed by atoms with E-state index in [1.165, 1.54) is 6.92 Å². The lowest BCUT2D eigenvalue weighted by Crippen LogP contribution is -1.84. The SMILES string of the molecule is C#Cc1ccc(C(C)F)cc1. The fourth-order valence-corrected chi connectivity index (χ4v) is 0.845. The molecule has 1 aromatic rings. The standard InChI is InChI=1S/C10H9F/c1-3-9-4-6-10(7-5-9)8(2)11/h1,4-8H,2H3. The van der Waals surface area contributed by atoms with Crippen LogP contribution in [0.3, 0.4) is 0 Å². The third-order valence-corrected chi connectivity index (χ3v) is 1.54. The van der Waals surface area contributed by atoms with Gasteiger partial charge in [0.1, 0.15) is 6.17 Å². The number of terminal acetylenes is 1. The summed E-state index contributed by atoms with van der Waals surface area (Å²) in [5.41, 5.74) is 1.46. The van der Waals surface area contributed by atoms with Crippen molar-refractivity contribution in [1.29, 1.82) is 0 Å². The van der Waals surface area contributed by atoms with Crippen LogP contribution in [-0.2, 0) is 0 Å². The summed E-state index contributed by atoms with van der Waals surface area (Å²) < 4.78 is 12.6. The van der Waals surface area contributed by atoms with E-state index < -0.39 is 6.17 Å². The van der Waals surface area contributed by atoms with Gasteiger partial charge in [0, 0.05) is 5.56 Å². The number of hydrogen-bond acceptors (Lipinski definition) is 0. The second-order valence-corrected chi connectivity index (χ2v) is 2.38. The molecule has 0 bridgehead atoms. The maximum absolute atomic E-state index is 12.6. The van der Waals surface area contributed by atoms with Crippen LogP contribution in [-0.4, -0.2) is 0 Å². The molecule has 0 N–H and O–H groups in total. The van der Waals surface area contributed by atoms with E-state index in [1.807, 2.05) is 0 Å². The first-order valence-corrected chi connectivity index (χ1v) is 3.44. The van der Waals surface area contributed by atoms with Crippen LogP contribution in [0.1, 0.15) is 24.2 Å². The van der Waals surface area contributed by atoms with E-state index in [4.69, 9.17) is 6.42 Å². The van der Waals surface area contributed by atoms with Crippen LogP contribution in [0.4, 0.5) is 4.39 Å². The van der Waals surface area contributed by atoms with Gasteiger partial charge < -0.3 is 0 Å². The number of rotatable bonds is 1. The average Bonchev–Trinajstić information content (AvgIpc) is 2.05. The fourth-order valence-electron chi connectivity index (χ4n) is 0.845. The van der Waals surface area contributed by atoms with Gasteiger partial charge in [-0.25, -0.2) is 4.39 Å². The number of halogens is 1. The van der Waals surface area contributed by atoms with Gasteiger partial charge in [0.2, 0.25) is 0 Å². The molecule has 0 nitrogen and oxygen atoms in total. The van der Waals surface area contributed by atoms with Crippen molar-refractivity contribution in [3.8, 4) is 12.3 Å². The molecule has 0 spiro atoms. The quantitative estimate of drug-likeness (QED) is 0.537. The van der Waals surface area contributed by atoms with Gasteiger partial charge in [0.05, 0.1) is 0 Å². The third kappa shape index (κ3) is 1.81. The van der Waals surface area contributed by atoms with E-state index in [0.717, 1.165) is 5.56 Å². The summed E-state index contributed by atoms with van der Waals surface area (Å²) in [5, 5.41) is 0. The summed E-state index contributed by atoms with van der Waals surface area (Å²) in [6.45, 7) is 1.50. The van der Waals surface area contributed by atoms with Gasteiger partial charge in [-0.15, -0.1) is 6.42 Å². The molecule has 1 unspecified atom stereocenters. The summed E-state index contributed by atoms with van der Waals surface area (Å²) in [5.74, 6) is 2.47. The smallest absolute Gasteiger partial charge is 0.122 e. The average molecular weight is 148 g/mol. The normalized spacial score (nSPS) is 12.1. The first-order chi connectivity index (χ1) is 5.24. The van der Waals surface area contributed by atoms with Crippen molar-refractivity contribution in [2.24, 2.45) is 0 Å². The van der Waals surface area contributed by atoms with Crippen LogP contribution in [0.25, 0.3) is 0 Å². The van der Waals surface area contributed by atoms with Crippen LogP contribution < -0.4 is 0 Å². The molecule has 0 aliphatic heterocycles. The Kier molecular flexibility index (Phi) is 2.28. The van der Waals surface area contributed by atoms with E-state index in [9.17, 15) is 4.39 Å². The molecule has 0 saturated heterocycles. The summed E-state index contributed by atoms with van der Waals surface area (Å²) >= 11 is 0. The summed E-state index contributed by atoms with van der Waals surface area (Å²) in [6, 6.07) is 6.90. The van der Waals surface area contributed by atoms with Crippen molar-refractivity contribution in [1.82, 2.24) is 0 Å². The van der Waals surface area contributed by atoms with Crippen molar-refractivity contribution in [2.75, 3.05) is 0 Å². The summed E-state index contributed by atoms with van der Waals surface area (Å²) in [6.07, 6.45) is 4.22. The Bertz CT molecular complexity index is 264. The fraction of sp³-hybridized carbons (Fsp3) is 0.200. The predicted octanol–water partition coefficient (Wildman–Crippen LogP) is 2.70. The Labute approximate surface area is 66.1 Å². The van der Waals surface area contributed by atoms with Gasteiger partial charge in [-0.1, -0.05) is 18.1 Å². The Balaban J connectivity index is 2.94. The number of alkyl halides is 1. The van der Waals surface area contributed by atoms with Crippen LogP contribution in [0, 0.1) is 12.3 Å². The lowest BCUT2D eigenvalue weighted by atomic mass is 10.1. The van der Waals surface area contributed by atoms with Crippen molar-refractivity contribution < 1.29 is 4.39 Å². The van der Waals surface area contributed by atoms with Crippen LogP contribution in [0.5, 0.6) is 0 Å². The number of benzene rings is 1. The van der Waals surface area contributed by atoms with Gasteiger partial charge in [0.25, 0.3) is 0 Å². The zero-order valence-corrected chi connectivity index (χ0v) is 6.34. The highest BCUT2D eigenvalue weighted by atomic mass is 19.1. The first-order valence-electron chi connectivity index (χ1n) is 3.44. The second kappa shape index (κ2) is 3.21. The molecule has 1 aromatic carbocycles. The number of hydrogen-bond donors (Lipinski definition) is 0. The van der Waals surface area contributed by atoms with Crippen molar-refractivity contribution in [2.45, 2.75) is 13.1 Å². The molecule has 0 fully saturated rings. The molecule has 0 radical (unpaired) electrons. The second-order valence-electron chi connectivity index (χ2n) is 2.38. The molecule has 0 amide bonds. The molecule has 11 heavy (non-hydrogen) atoms. The first kappa shape index (κ1) is 7.81. The molecular weight excluding hydrogens is 139 g/mol. The minimum Gasteiger partial charge on any atom is -0.243 e. The van der Waals surface area contributed by atoms with Crippen molar-refractivity contribution >= 4 is 0 Å². The van der Waals surface area contributed by atoms with Crippen LogP contribution in [0.2, 0.25) is 0 Å². The van der Waals surface area contributed by atoms with E-state index in [-0.39, 0.29) is 0 Å². The zero-order chi connectivity index (χ0) is 8.27. The van der Waals surface area contributed by atoms with E-state index >= 15 is 0 Å². The van der Waals surface area contributed by atoms with E-state index in [2.05, 4.69) is 5.92 Å². The summed E-state index contributed by atoms with van der Waals surface area (Å²) in [4.78, 5) is 0. The molecule has 0 heterocycles. The Morgan fingerprint density at radius 3 is 2.27 bits per heavy atom. The maximum Gasteiger partial charge on any atom is 0.122 e. The zero-order valence-electron chi connectivity index (χ0n) is 6.34. The van der Waals surface area contributed by atoms with Gasteiger partial charge >= 0.3 is 0 Å². The van der Waals surface area contributed by atoms with E-state index in [0.29, 0.717) is 5.56 Å². The Morgan fingerprint density at radius 1 is 1.36 bits per heavy atom. The molecular formula is C10H9F. The Morgan fingerprint density at radius 2 is 1.91 bits per heavy atom. The molecule has 0 saturated carbocycles. The van der Waals surface area contributed by atoms with Gasteiger partial charge in [-0.05, 0) is 24.6 Å². The highest BCUT2D eigenvalue weighted by Crippen LogP contribution is 2.15.